The Labute approximate surface area is 153 Å². The zero-order valence-corrected chi connectivity index (χ0v) is 15.5. The largest absolute Gasteiger partial charge is 0.496 e. The molecule has 0 saturated heterocycles. The third-order valence-electron chi connectivity index (χ3n) is 4.10. The summed E-state index contributed by atoms with van der Waals surface area (Å²) in [5.74, 6) is 2.18. The van der Waals surface area contributed by atoms with E-state index in [1.165, 1.54) is 5.57 Å². The zero-order valence-electron chi connectivity index (χ0n) is 15.5. The number of rotatable bonds is 5. The first kappa shape index (κ1) is 17.9. The summed E-state index contributed by atoms with van der Waals surface area (Å²) in [4.78, 5) is 9.11. The van der Waals surface area contributed by atoms with E-state index >= 15 is 0 Å². The normalized spacial score (nSPS) is 14.7. The minimum Gasteiger partial charge on any atom is -0.496 e. The number of nitrogens with one attached hydrogen (secondary N) is 1. The molecule has 6 heteroatoms. The topological polar surface area (TPSA) is 60.7 Å². The molecule has 0 fully saturated rings. The van der Waals surface area contributed by atoms with Crippen molar-refractivity contribution in [2.75, 3.05) is 20.3 Å². The molecule has 0 aliphatic carbocycles. The molecule has 1 aliphatic rings. The van der Waals surface area contributed by atoms with Crippen molar-refractivity contribution in [3.8, 4) is 5.75 Å². The minimum atomic E-state index is 0.643. The van der Waals surface area contributed by atoms with E-state index in [9.17, 15) is 0 Å². The van der Waals surface area contributed by atoms with Crippen molar-refractivity contribution in [1.29, 1.82) is 0 Å². The lowest BCUT2D eigenvalue weighted by atomic mass is 10.00. The Morgan fingerprint density at radius 1 is 1.42 bits per heavy atom. The van der Waals surface area contributed by atoms with Gasteiger partial charge in [-0.1, -0.05) is 12.7 Å². The van der Waals surface area contributed by atoms with Crippen LogP contribution in [0.25, 0.3) is 5.57 Å². The van der Waals surface area contributed by atoms with Gasteiger partial charge in [0.15, 0.2) is 11.7 Å². The Hall–Kier alpha value is -2.86. The molecule has 1 N–H and O–H groups in total. The van der Waals surface area contributed by atoms with Crippen LogP contribution in [-0.2, 0) is 11.8 Å². The number of ether oxygens (including phenoxy) is 2. The summed E-state index contributed by atoms with van der Waals surface area (Å²) in [7, 11) is 3.61. The van der Waals surface area contributed by atoms with Crippen LogP contribution in [0.1, 0.15) is 24.7 Å². The van der Waals surface area contributed by atoms with Gasteiger partial charge in [-0.3, -0.25) is 0 Å². The Bertz CT molecular complexity index is 864. The van der Waals surface area contributed by atoms with Gasteiger partial charge in [0, 0.05) is 36.8 Å². The number of hydrogen-bond acceptors (Lipinski definition) is 4. The molecular formula is C20H24N4O2. The van der Waals surface area contributed by atoms with E-state index < -0.39 is 0 Å². The molecule has 0 radical (unpaired) electrons. The molecule has 1 aromatic carbocycles. The van der Waals surface area contributed by atoms with E-state index in [1.54, 1.807) is 13.3 Å². The fraction of sp³-hybridized carbons (Fsp3) is 0.300. The van der Waals surface area contributed by atoms with Crippen LogP contribution in [0.3, 0.4) is 0 Å². The number of allylic oxidation sites excluding steroid dienone is 1. The van der Waals surface area contributed by atoms with Gasteiger partial charge in [-0.25, -0.2) is 9.98 Å². The van der Waals surface area contributed by atoms with Gasteiger partial charge < -0.3 is 19.4 Å². The van der Waals surface area contributed by atoms with Crippen LogP contribution in [0.2, 0.25) is 0 Å². The molecule has 26 heavy (non-hydrogen) atoms. The van der Waals surface area contributed by atoms with Crippen molar-refractivity contribution in [2.24, 2.45) is 12.0 Å². The van der Waals surface area contributed by atoms with Gasteiger partial charge >= 0.3 is 0 Å². The molecule has 136 valence electrons. The van der Waals surface area contributed by atoms with Crippen LogP contribution < -0.4 is 10.1 Å². The molecule has 2 aromatic rings. The average Bonchev–Trinajstić information content (AvgIpc) is 3.07. The number of imidazole rings is 1. The molecule has 0 amide bonds. The lowest BCUT2D eigenvalue weighted by molar-refractivity contribution is 0.161. The van der Waals surface area contributed by atoms with Crippen molar-refractivity contribution in [1.82, 2.24) is 14.9 Å². The highest BCUT2D eigenvalue weighted by Gasteiger charge is 2.14. The smallest absolute Gasteiger partial charge is 0.175 e. The summed E-state index contributed by atoms with van der Waals surface area (Å²) < 4.78 is 12.9. The Morgan fingerprint density at radius 3 is 2.88 bits per heavy atom. The van der Waals surface area contributed by atoms with Crippen molar-refractivity contribution in [3.63, 3.8) is 0 Å². The molecule has 0 bridgehead atoms. The zero-order chi connectivity index (χ0) is 18.5. The van der Waals surface area contributed by atoms with Crippen molar-refractivity contribution in [2.45, 2.75) is 13.3 Å². The minimum absolute atomic E-state index is 0.643. The second-order valence-electron chi connectivity index (χ2n) is 6.17. The number of aromatic nitrogens is 2. The van der Waals surface area contributed by atoms with Gasteiger partial charge in [0.1, 0.15) is 5.75 Å². The number of hydrogen-bond donors (Lipinski definition) is 1. The summed E-state index contributed by atoms with van der Waals surface area (Å²) in [5, 5.41) is 3.19. The van der Waals surface area contributed by atoms with E-state index in [4.69, 9.17) is 14.5 Å². The molecule has 1 aromatic heterocycles. The summed E-state index contributed by atoms with van der Waals surface area (Å²) in [6.07, 6.45) is 6.61. The van der Waals surface area contributed by atoms with Crippen LogP contribution in [0.15, 0.2) is 53.9 Å². The second-order valence-corrected chi connectivity index (χ2v) is 6.17. The molecule has 0 spiro atoms. The van der Waals surface area contributed by atoms with Crippen LogP contribution in [0, 0.1) is 0 Å². The number of aryl methyl sites for hydroxylation is 1. The fourth-order valence-corrected chi connectivity index (χ4v) is 2.85. The quantitative estimate of drug-likeness (QED) is 0.661. The van der Waals surface area contributed by atoms with Gasteiger partial charge in [0.25, 0.3) is 0 Å². The maximum Gasteiger partial charge on any atom is 0.175 e. The van der Waals surface area contributed by atoms with E-state index in [-0.39, 0.29) is 0 Å². The van der Waals surface area contributed by atoms with E-state index in [0.29, 0.717) is 12.4 Å². The molecule has 3 rings (SSSR count). The Balaban J connectivity index is 1.99. The first-order chi connectivity index (χ1) is 12.6. The van der Waals surface area contributed by atoms with Crippen LogP contribution in [0.4, 0.5) is 5.69 Å². The monoisotopic (exact) mass is 352 g/mol. The molecule has 2 heterocycles. The summed E-state index contributed by atoms with van der Waals surface area (Å²) in [6, 6.07) is 5.97. The number of benzene rings is 1. The van der Waals surface area contributed by atoms with Crippen LogP contribution in [0.5, 0.6) is 5.75 Å². The second kappa shape index (κ2) is 8.01. The van der Waals surface area contributed by atoms with E-state index in [1.807, 2.05) is 42.9 Å². The van der Waals surface area contributed by atoms with Gasteiger partial charge in [-0.2, -0.15) is 0 Å². The van der Waals surface area contributed by atoms with Crippen LogP contribution >= 0.6 is 0 Å². The SMILES string of the molecule is C=C(C)NC(=Nc1ccc(C2=CCOCC2)c(OC)c1)c1nccn1C. The van der Waals surface area contributed by atoms with Gasteiger partial charge in [0.2, 0.25) is 0 Å². The summed E-state index contributed by atoms with van der Waals surface area (Å²) in [6.45, 7) is 7.18. The highest BCUT2D eigenvalue weighted by Crippen LogP contribution is 2.33. The lowest BCUT2D eigenvalue weighted by Gasteiger charge is -2.17. The van der Waals surface area contributed by atoms with Gasteiger partial charge in [-0.15, -0.1) is 0 Å². The van der Waals surface area contributed by atoms with Crippen molar-refractivity contribution >= 4 is 17.1 Å². The molecule has 6 nitrogen and oxygen atoms in total. The number of methoxy groups -OCH3 is 1. The third-order valence-corrected chi connectivity index (χ3v) is 4.10. The lowest BCUT2D eigenvalue weighted by Crippen LogP contribution is -2.25. The van der Waals surface area contributed by atoms with Crippen molar-refractivity contribution in [3.05, 3.63) is 60.3 Å². The Kier molecular flexibility index (Phi) is 5.53. The number of amidine groups is 1. The first-order valence-electron chi connectivity index (χ1n) is 8.52. The summed E-state index contributed by atoms with van der Waals surface area (Å²) >= 11 is 0. The molecule has 0 unspecified atom stereocenters. The predicted molar refractivity (Wildman–Crippen MR) is 104 cm³/mol. The van der Waals surface area contributed by atoms with Crippen molar-refractivity contribution < 1.29 is 9.47 Å². The average molecular weight is 352 g/mol. The predicted octanol–water partition coefficient (Wildman–Crippen LogP) is 3.43. The fourth-order valence-electron chi connectivity index (χ4n) is 2.85. The van der Waals surface area contributed by atoms with E-state index in [0.717, 1.165) is 41.5 Å². The highest BCUT2D eigenvalue weighted by atomic mass is 16.5. The molecule has 0 atom stereocenters. The Morgan fingerprint density at radius 2 is 2.27 bits per heavy atom. The molecule has 1 aliphatic heterocycles. The van der Waals surface area contributed by atoms with Gasteiger partial charge in [0.05, 0.1) is 26.0 Å². The third kappa shape index (κ3) is 4.03. The first-order valence-corrected chi connectivity index (χ1v) is 8.52. The number of nitrogens with zero attached hydrogens (tertiary/aromatic N) is 3. The van der Waals surface area contributed by atoms with Gasteiger partial charge in [-0.05, 0) is 31.1 Å². The molecular weight excluding hydrogens is 328 g/mol. The van der Waals surface area contributed by atoms with Crippen LogP contribution in [-0.4, -0.2) is 35.7 Å². The molecule has 0 saturated carbocycles. The summed E-state index contributed by atoms with van der Waals surface area (Å²) in [5.41, 5.74) is 3.90. The standard InChI is InChI=1S/C20H24N4O2/c1-14(2)22-19(20-21-9-10-24(20)3)23-16-5-6-17(18(13-16)25-4)15-7-11-26-12-8-15/h5-7,9-10,13H,1,8,11-12H2,2-4H3,(H,22,23). The number of aliphatic imine (C=N–C) groups is 1. The maximum atomic E-state index is 5.61. The maximum absolute atomic E-state index is 5.61. The highest BCUT2D eigenvalue weighted by molar-refractivity contribution is 5.98. The van der Waals surface area contributed by atoms with E-state index in [2.05, 4.69) is 23.0 Å².